The van der Waals surface area contributed by atoms with Crippen LogP contribution in [0.4, 0.5) is 4.79 Å². The number of likely N-dealkylation sites (tertiary alicyclic amines) is 1. The summed E-state index contributed by atoms with van der Waals surface area (Å²) in [6.07, 6.45) is 5.55. The minimum absolute atomic E-state index is 0.199. The highest BCUT2D eigenvalue weighted by Gasteiger charge is 2.35. The smallest absolute Gasteiger partial charge is 0.326 e. The van der Waals surface area contributed by atoms with E-state index >= 15 is 0 Å². The van der Waals surface area contributed by atoms with Gasteiger partial charge in [0, 0.05) is 12.6 Å². The van der Waals surface area contributed by atoms with Crippen molar-refractivity contribution in [2.75, 3.05) is 6.54 Å². The third-order valence-electron chi connectivity index (χ3n) is 4.47. The molecule has 1 atom stereocenters. The topological polar surface area (TPSA) is 69.6 Å². The van der Waals surface area contributed by atoms with Crippen LogP contribution >= 0.6 is 0 Å². The fraction of sp³-hybridized carbons (Fsp3) is 0.857. The maximum atomic E-state index is 12.1. The van der Waals surface area contributed by atoms with Crippen LogP contribution in [-0.4, -0.2) is 40.6 Å². The molecule has 0 spiro atoms. The van der Waals surface area contributed by atoms with E-state index in [-0.39, 0.29) is 12.1 Å². The van der Waals surface area contributed by atoms with Crippen LogP contribution in [-0.2, 0) is 4.79 Å². The molecule has 1 heterocycles. The fourth-order valence-corrected chi connectivity index (χ4v) is 3.07. The molecule has 0 unspecified atom stereocenters. The number of urea groups is 1. The molecule has 1 saturated carbocycles. The molecule has 108 valence electrons. The van der Waals surface area contributed by atoms with Crippen molar-refractivity contribution >= 4 is 12.0 Å². The summed E-state index contributed by atoms with van der Waals surface area (Å²) in [7, 11) is 0. The van der Waals surface area contributed by atoms with E-state index < -0.39 is 12.0 Å². The number of nitrogens with zero attached hydrogens (tertiary/aromatic N) is 1. The van der Waals surface area contributed by atoms with Crippen LogP contribution in [0.5, 0.6) is 0 Å². The average molecular weight is 268 g/mol. The van der Waals surface area contributed by atoms with Crippen LogP contribution in [0.3, 0.4) is 0 Å². The predicted octanol–water partition coefficient (Wildman–Crippen LogP) is 2.21. The molecular formula is C14H24N2O3. The van der Waals surface area contributed by atoms with Crippen LogP contribution in [0, 0.1) is 5.41 Å². The SMILES string of the molecule is CC1(C)CCC(NC(=O)N2CCC[C@H]2C(=O)O)CC1. The van der Waals surface area contributed by atoms with Gasteiger partial charge in [0.15, 0.2) is 0 Å². The Bertz CT molecular complexity index is 358. The second-order valence-corrected chi connectivity index (χ2v) is 6.58. The second kappa shape index (κ2) is 5.39. The summed E-state index contributed by atoms with van der Waals surface area (Å²) in [5, 5.41) is 12.1. The van der Waals surface area contributed by atoms with Gasteiger partial charge in [-0.1, -0.05) is 13.8 Å². The molecule has 19 heavy (non-hydrogen) atoms. The first-order chi connectivity index (χ1) is 8.89. The number of carbonyl (C=O) groups excluding carboxylic acids is 1. The van der Waals surface area contributed by atoms with Gasteiger partial charge < -0.3 is 15.3 Å². The number of carbonyl (C=O) groups is 2. The molecule has 0 bridgehead atoms. The van der Waals surface area contributed by atoms with Gasteiger partial charge in [-0.05, 0) is 43.9 Å². The van der Waals surface area contributed by atoms with E-state index in [9.17, 15) is 9.59 Å². The normalized spacial score (nSPS) is 27.3. The average Bonchev–Trinajstić information content (AvgIpc) is 2.81. The Hall–Kier alpha value is -1.26. The van der Waals surface area contributed by atoms with Crippen molar-refractivity contribution in [3.63, 3.8) is 0 Å². The van der Waals surface area contributed by atoms with Gasteiger partial charge in [0.05, 0.1) is 0 Å². The summed E-state index contributed by atoms with van der Waals surface area (Å²) in [5.41, 5.74) is 0.373. The van der Waals surface area contributed by atoms with Gasteiger partial charge in [-0.25, -0.2) is 9.59 Å². The Balaban J connectivity index is 1.86. The number of amides is 2. The van der Waals surface area contributed by atoms with Gasteiger partial charge in [-0.2, -0.15) is 0 Å². The highest BCUT2D eigenvalue weighted by Crippen LogP contribution is 2.35. The third-order valence-corrected chi connectivity index (χ3v) is 4.47. The lowest BCUT2D eigenvalue weighted by Crippen LogP contribution is -2.50. The van der Waals surface area contributed by atoms with Crippen LogP contribution < -0.4 is 5.32 Å². The molecule has 2 rings (SSSR count). The van der Waals surface area contributed by atoms with Crippen LogP contribution in [0.2, 0.25) is 0 Å². The van der Waals surface area contributed by atoms with Crippen molar-refractivity contribution in [1.29, 1.82) is 0 Å². The summed E-state index contributed by atoms with van der Waals surface area (Å²) in [5.74, 6) is -0.891. The Morgan fingerprint density at radius 1 is 1.21 bits per heavy atom. The lowest BCUT2D eigenvalue weighted by atomic mass is 9.75. The molecule has 0 aromatic carbocycles. The minimum Gasteiger partial charge on any atom is -0.480 e. The molecule has 2 fully saturated rings. The Morgan fingerprint density at radius 3 is 2.42 bits per heavy atom. The first-order valence-electron chi connectivity index (χ1n) is 7.19. The lowest BCUT2D eigenvalue weighted by Gasteiger charge is -2.35. The van der Waals surface area contributed by atoms with Crippen molar-refractivity contribution in [1.82, 2.24) is 10.2 Å². The van der Waals surface area contributed by atoms with Crippen LogP contribution in [0.1, 0.15) is 52.4 Å². The first kappa shape index (κ1) is 14.2. The van der Waals surface area contributed by atoms with E-state index in [1.807, 2.05) is 0 Å². The van der Waals surface area contributed by atoms with E-state index in [1.165, 1.54) is 4.90 Å². The van der Waals surface area contributed by atoms with Crippen molar-refractivity contribution in [2.45, 2.75) is 64.5 Å². The zero-order valence-electron chi connectivity index (χ0n) is 11.8. The maximum Gasteiger partial charge on any atom is 0.326 e. The Morgan fingerprint density at radius 2 is 1.84 bits per heavy atom. The van der Waals surface area contributed by atoms with Crippen LogP contribution in [0.15, 0.2) is 0 Å². The number of carboxylic acids is 1. The number of hydrogen-bond donors (Lipinski definition) is 2. The van der Waals surface area contributed by atoms with Gasteiger partial charge in [-0.3, -0.25) is 0 Å². The molecule has 2 N–H and O–H groups in total. The summed E-state index contributed by atoms with van der Waals surface area (Å²) < 4.78 is 0. The van der Waals surface area contributed by atoms with Gasteiger partial charge in [0.2, 0.25) is 0 Å². The van der Waals surface area contributed by atoms with Gasteiger partial charge in [-0.15, -0.1) is 0 Å². The molecule has 2 aliphatic rings. The number of aliphatic carboxylic acids is 1. The zero-order chi connectivity index (χ0) is 14.0. The summed E-state index contributed by atoms with van der Waals surface area (Å²) in [4.78, 5) is 24.7. The largest absolute Gasteiger partial charge is 0.480 e. The van der Waals surface area contributed by atoms with Crippen molar-refractivity contribution in [2.24, 2.45) is 5.41 Å². The zero-order valence-corrected chi connectivity index (χ0v) is 11.8. The fourth-order valence-electron chi connectivity index (χ4n) is 3.07. The van der Waals surface area contributed by atoms with E-state index in [0.29, 0.717) is 18.4 Å². The quantitative estimate of drug-likeness (QED) is 0.806. The molecule has 1 aliphatic carbocycles. The Kier molecular flexibility index (Phi) is 4.02. The van der Waals surface area contributed by atoms with E-state index in [2.05, 4.69) is 19.2 Å². The van der Waals surface area contributed by atoms with Crippen LogP contribution in [0.25, 0.3) is 0 Å². The summed E-state index contributed by atoms with van der Waals surface area (Å²) in [6, 6.07) is -0.634. The first-order valence-corrected chi connectivity index (χ1v) is 7.19. The van der Waals surface area contributed by atoms with Crippen molar-refractivity contribution in [3.05, 3.63) is 0 Å². The molecule has 0 aromatic rings. The predicted molar refractivity (Wildman–Crippen MR) is 71.9 cm³/mol. The molecule has 1 saturated heterocycles. The van der Waals surface area contributed by atoms with E-state index in [0.717, 1.165) is 32.1 Å². The van der Waals surface area contributed by atoms with E-state index in [1.54, 1.807) is 0 Å². The molecule has 2 amide bonds. The standard InChI is InChI=1S/C14H24N2O3/c1-14(2)7-5-10(6-8-14)15-13(19)16-9-3-4-11(16)12(17)18/h10-11H,3-9H2,1-2H3,(H,15,19)(H,17,18)/t11-/m0/s1. The summed E-state index contributed by atoms with van der Waals surface area (Å²) >= 11 is 0. The molecule has 0 radical (unpaired) electrons. The van der Waals surface area contributed by atoms with Crippen molar-refractivity contribution in [3.8, 4) is 0 Å². The van der Waals surface area contributed by atoms with E-state index in [4.69, 9.17) is 5.11 Å². The van der Waals surface area contributed by atoms with Crippen molar-refractivity contribution < 1.29 is 14.7 Å². The van der Waals surface area contributed by atoms with Gasteiger partial charge in [0.25, 0.3) is 0 Å². The summed E-state index contributed by atoms with van der Waals surface area (Å²) in [6.45, 7) is 5.07. The molecule has 0 aromatic heterocycles. The highest BCUT2D eigenvalue weighted by molar-refractivity contribution is 5.83. The second-order valence-electron chi connectivity index (χ2n) is 6.58. The highest BCUT2D eigenvalue weighted by atomic mass is 16.4. The molecule has 5 heteroatoms. The van der Waals surface area contributed by atoms with Gasteiger partial charge >= 0.3 is 12.0 Å². The molecule has 5 nitrogen and oxygen atoms in total. The molecular weight excluding hydrogens is 244 g/mol. The van der Waals surface area contributed by atoms with Gasteiger partial charge in [0.1, 0.15) is 6.04 Å². The number of carboxylic acid groups (broad SMARTS) is 1. The molecule has 1 aliphatic heterocycles. The lowest BCUT2D eigenvalue weighted by molar-refractivity contribution is -0.141. The maximum absolute atomic E-state index is 12.1. The minimum atomic E-state index is -0.891. The number of hydrogen-bond acceptors (Lipinski definition) is 2. The monoisotopic (exact) mass is 268 g/mol. The Labute approximate surface area is 114 Å². The number of rotatable bonds is 2. The number of nitrogens with one attached hydrogen (secondary N) is 1. The third kappa shape index (κ3) is 3.39.